The Hall–Kier alpha value is -1.09. The number of rotatable bonds is 3. The Morgan fingerprint density at radius 3 is 2.87 bits per heavy atom. The van der Waals surface area contributed by atoms with Crippen molar-refractivity contribution >= 4 is 22.7 Å². The molecule has 0 saturated carbocycles. The average Bonchev–Trinajstić information content (AvgIpc) is 2.56. The van der Waals surface area contributed by atoms with E-state index in [-0.39, 0.29) is 0 Å². The van der Waals surface area contributed by atoms with Gasteiger partial charge in [-0.3, -0.25) is 0 Å². The summed E-state index contributed by atoms with van der Waals surface area (Å²) in [4.78, 5) is 3.31. The van der Waals surface area contributed by atoms with Crippen LogP contribution in [0.2, 0.25) is 0 Å². The zero-order valence-corrected chi connectivity index (χ0v) is 9.77. The lowest BCUT2D eigenvalue weighted by Crippen LogP contribution is -1.88. The molecule has 0 spiro atoms. The summed E-state index contributed by atoms with van der Waals surface area (Å²) in [5, 5.41) is 11.1. The normalized spacial score (nSPS) is 11.4. The van der Waals surface area contributed by atoms with Gasteiger partial charge in [0, 0.05) is 23.0 Å². The van der Waals surface area contributed by atoms with Crippen molar-refractivity contribution in [3.05, 3.63) is 30.0 Å². The molecule has 0 fully saturated rings. The number of aromatic hydroxyl groups is 1. The van der Waals surface area contributed by atoms with Crippen LogP contribution in [0, 0.1) is 0 Å². The zero-order valence-electron chi connectivity index (χ0n) is 8.95. The highest BCUT2D eigenvalue weighted by Gasteiger charge is 2.02. The second-order valence-corrected chi connectivity index (χ2v) is 5.49. The maximum Gasteiger partial charge on any atom is 0.117 e. The molecule has 0 bridgehead atoms. The molecule has 0 saturated heterocycles. The highest BCUT2D eigenvalue weighted by atomic mass is 32.2. The lowest BCUT2D eigenvalue weighted by atomic mass is 10.2. The van der Waals surface area contributed by atoms with Gasteiger partial charge in [0.25, 0.3) is 0 Å². The molecule has 2 rings (SSSR count). The van der Waals surface area contributed by atoms with Gasteiger partial charge in [0.1, 0.15) is 5.75 Å². The number of phenolic OH excluding ortho intramolecular Hbond substituents is 1. The molecular formula is C12H15NOS. The number of phenols is 1. The van der Waals surface area contributed by atoms with Crippen LogP contribution in [0.25, 0.3) is 10.9 Å². The Morgan fingerprint density at radius 1 is 1.33 bits per heavy atom. The smallest absolute Gasteiger partial charge is 0.117 e. The van der Waals surface area contributed by atoms with Crippen LogP contribution in [0.1, 0.15) is 19.5 Å². The van der Waals surface area contributed by atoms with E-state index in [2.05, 4.69) is 24.9 Å². The first-order valence-corrected chi connectivity index (χ1v) is 6.12. The molecule has 0 aliphatic heterocycles. The molecule has 1 heterocycles. The lowest BCUT2D eigenvalue weighted by Gasteiger charge is -2.01. The molecule has 0 atom stereocenters. The highest BCUT2D eigenvalue weighted by molar-refractivity contribution is 7.99. The van der Waals surface area contributed by atoms with Gasteiger partial charge in [-0.25, -0.2) is 0 Å². The van der Waals surface area contributed by atoms with E-state index in [0.717, 1.165) is 16.7 Å². The Balaban J connectivity index is 2.23. The lowest BCUT2D eigenvalue weighted by molar-refractivity contribution is 0.476. The minimum absolute atomic E-state index is 0.312. The highest BCUT2D eigenvalue weighted by Crippen LogP contribution is 2.23. The van der Waals surface area contributed by atoms with Crippen molar-refractivity contribution in [2.24, 2.45) is 0 Å². The maximum absolute atomic E-state index is 9.33. The van der Waals surface area contributed by atoms with Crippen molar-refractivity contribution in [3.63, 3.8) is 0 Å². The second kappa shape index (κ2) is 4.19. The van der Waals surface area contributed by atoms with E-state index in [1.165, 1.54) is 5.69 Å². The standard InChI is InChI=1S/C12H15NOS/c1-8(2)15-7-10-5-9-3-4-11(14)6-12(9)13-10/h3-6,8,13-14H,7H2,1-2H3. The van der Waals surface area contributed by atoms with Crippen molar-refractivity contribution in [1.29, 1.82) is 0 Å². The van der Waals surface area contributed by atoms with E-state index in [0.29, 0.717) is 11.0 Å². The van der Waals surface area contributed by atoms with E-state index < -0.39 is 0 Å². The molecule has 2 N–H and O–H groups in total. The number of aromatic nitrogens is 1. The van der Waals surface area contributed by atoms with E-state index in [9.17, 15) is 5.11 Å². The van der Waals surface area contributed by atoms with Gasteiger partial charge in [-0.05, 0) is 28.8 Å². The van der Waals surface area contributed by atoms with Gasteiger partial charge in [0.2, 0.25) is 0 Å². The molecule has 0 amide bonds. The number of benzene rings is 1. The Bertz CT molecular complexity index is 462. The van der Waals surface area contributed by atoms with Crippen LogP contribution < -0.4 is 0 Å². The van der Waals surface area contributed by atoms with Gasteiger partial charge >= 0.3 is 0 Å². The summed E-state index contributed by atoms with van der Waals surface area (Å²) in [5.41, 5.74) is 2.23. The third kappa shape index (κ3) is 2.48. The Kier molecular flexibility index (Phi) is 2.91. The van der Waals surface area contributed by atoms with Crippen LogP contribution in [0.15, 0.2) is 24.3 Å². The molecule has 0 unspecified atom stereocenters. The van der Waals surface area contributed by atoms with E-state index in [1.54, 1.807) is 12.1 Å². The number of hydrogen-bond acceptors (Lipinski definition) is 2. The van der Waals surface area contributed by atoms with Crippen LogP contribution in [-0.4, -0.2) is 15.3 Å². The number of H-pyrrole nitrogens is 1. The molecule has 0 aliphatic rings. The van der Waals surface area contributed by atoms with E-state index in [4.69, 9.17) is 0 Å². The summed E-state index contributed by atoms with van der Waals surface area (Å²) in [5.74, 6) is 1.31. The van der Waals surface area contributed by atoms with Crippen LogP contribution in [0.4, 0.5) is 0 Å². The van der Waals surface area contributed by atoms with Crippen LogP contribution in [-0.2, 0) is 5.75 Å². The number of hydrogen-bond donors (Lipinski definition) is 2. The van der Waals surface area contributed by atoms with Crippen LogP contribution in [0.3, 0.4) is 0 Å². The first-order valence-electron chi connectivity index (χ1n) is 5.07. The van der Waals surface area contributed by atoms with Crippen molar-refractivity contribution in [3.8, 4) is 5.75 Å². The average molecular weight is 221 g/mol. The van der Waals surface area contributed by atoms with E-state index >= 15 is 0 Å². The van der Waals surface area contributed by atoms with Gasteiger partial charge in [0.15, 0.2) is 0 Å². The molecule has 15 heavy (non-hydrogen) atoms. The van der Waals surface area contributed by atoms with E-state index in [1.807, 2.05) is 17.8 Å². The number of thioether (sulfide) groups is 1. The summed E-state index contributed by atoms with van der Waals surface area (Å²) < 4.78 is 0. The molecule has 0 radical (unpaired) electrons. The number of nitrogens with one attached hydrogen (secondary N) is 1. The van der Waals surface area contributed by atoms with Gasteiger partial charge in [-0.2, -0.15) is 11.8 Å². The van der Waals surface area contributed by atoms with Gasteiger partial charge in [0.05, 0.1) is 0 Å². The molecule has 1 aromatic heterocycles. The van der Waals surface area contributed by atoms with Crippen molar-refractivity contribution in [1.82, 2.24) is 4.98 Å². The molecule has 3 heteroatoms. The third-order valence-electron chi connectivity index (χ3n) is 2.23. The monoisotopic (exact) mass is 221 g/mol. The maximum atomic E-state index is 9.33. The molecule has 2 aromatic rings. The van der Waals surface area contributed by atoms with Gasteiger partial charge in [-0.15, -0.1) is 0 Å². The predicted molar refractivity (Wildman–Crippen MR) is 66.4 cm³/mol. The quantitative estimate of drug-likeness (QED) is 0.832. The van der Waals surface area contributed by atoms with Gasteiger partial charge < -0.3 is 10.1 Å². The fraction of sp³-hybridized carbons (Fsp3) is 0.333. The fourth-order valence-electron chi connectivity index (χ4n) is 1.51. The molecule has 0 aliphatic carbocycles. The number of aromatic amines is 1. The molecule has 2 nitrogen and oxygen atoms in total. The summed E-state index contributed by atoms with van der Waals surface area (Å²) in [6.45, 7) is 4.39. The zero-order chi connectivity index (χ0) is 10.8. The van der Waals surface area contributed by atoms with Crippen molar-refractivity contribution < 1.29 is 5.11 Å². The SMILES string of the molecule is CC(C)SCc1cc2ccc(O)cc2[nH]1. The van der Waals surface area contributed by atoms with Crippen LogP contribution >= 0.6 is 11.8 Å². The summed E-state index contributed by atoms with van der Waals surface area (Å²) in [6, 6.07) is 7.56. The minimum atomic E-state index is 0.312. The fourth-order valence-corrected chi connectivity index (χ4v) is 2.18. The predicted octanol–water partition coefficient (Wildman–Crippen LogP) is 3.52. The first-order chi connectivity index (χ1) is 7.15. The Morgan fingerprint density at radius 2 is 2.13 bits per heavy atom. The summed E-state index contributed by atoms with van der Waals surface area (Å²) >= 11 is 1.91. The second-order valence-electron chi connectivity index (χ2n) is 3.93. The van der Waals surface area contributed by atoms with Gasteiger partial charge in [-0.1, -0.05) is 13.8 Å². The summed E-state index contributed by atoms with van der Waals surface area (Å²) in [6.07, 6.45) is 0. The minimum Gasteiger partial charge on any atom is -0.508 e. The van der Waals surface area contributed by atoms with Crippen LogP contribution in [0.5, 0.6) is 5.75 Å². The molecule has 80 valence electrons. The molecule has 1 aromatic carbocycles. The third-order valence-corrected chi connectivity index (χ3v) is 3.38. The first kappa shape index (κ1) is 10.4. The topological polar surface area (TPSA) is 36.0 Å². The van der Waals surface area contributed by atoms with Crippen molar-refractivity contribution in [2.75, 3.05) is 0 Å². The largest absolute Gasteiger partial charge is 0.508 e. The summed E-state index contributed by atoms with van der Waals surface area (Å²) in [7, 11) is 0. The van der Waals surface area contributed by atoms with Crippen molar-refractivity contribution in [2.45, 2.75) is 24.9 Å². The molecular weight excluding hydrogens is 206 g/mol. The number of fused-ring (bicyclic) bond motifs is 1. The Labute approximate surface area is 93.7 Å².